The van der Waals surface area contributed by atoms with Gasteiger partial charge in [0.25, 0.3) is 0 Å². The summed E-state index contributed by atoms with van der Waals surface area (Å²) in [6, 6.07) is 27.4. The maximum Gasteiger partial charge on any atom is 0.404 e. The summed E-state index contributed by atoms with van der Waals surface area (Å²) >= 11 is 0. The molecule has 5 heteroatoms. The number of hydrogen-bond acceptors (Lipinski definition) is 3. The van der Waals surface area contributed by atoms with Crippen LogP contribution in [0.2, 0.25) is 0 Å². The van der Waals surface area contributed by atoms with Crippen molar-refractivity contribution in [1.29, 1.82) is 0 Å². The van der Waals surface area contributed by atoms with E-state index in [0.29, 0.717) is 5.92 Å². The Morgan fingerprint density at radius 2 is 1.52 bits per heavy atom. The number of rotatable bonds is 7. The van der Waals surface area contributed by atoms with E-state index in [2.05, 4.69) is 75.9 Å². The number of amides is 1. The van der Waals surface area contributed by atoms with Gasteiger partial charge in [-0.3, -0.25) is 9.88 Å². The molecule has 1 aliphatic heterocycles. The quantitative estimate of drug-likeness (QED) is 0.640. The normalized spacial score (nSPS) is 14.5. The second kappa shape index (κ2) is 8.88. The van der Waals surface area contributed by atoms with Crippen LogP contribution in [-0.2, 0) is 13.0 Å². The molecule has 1 amide bonds. The van der Waals surface area contributed by atoms with Crippen LogP contribution in [0.5, 0.6) is 0 Å². The summed E-state index contributed by atoms with van der Waals surface area (Å²) in [7, 11) is 0. The molecule has 5 nitrogen and oxygen atoms in total. The molecule has 0 radical (unpaired) electrons. The molecule has 0 spiro atoms. The van der Waals surface area contributed by atoms with E-state index in [1.807, 2.05) is 18.2 Å². The van der Waals surface area contributed by atoms with Crippen LogP contribution in [0.15, 0.2) is 78.9 Å². The van der Waals surface area contributed by atoms with Gasteiger partial charge in [-0.2, -0.15) is 0 Å². The molecular weight excluding hydrogens is 362 g/mol. The minimum absolute atomic E-state index is 0.240. The van der Waals surface area contributed by atoms with Gasteiger partial charge in [0.2, 0.25) is 0 Å². The van der Waals surface area contributed by atoms with Crippen molar-refractivity contribution in [2.24, 2.45) is 5.92 Å². The number of nitrogens with one attached hydrogen (secondary N) is 1. The maximum absolute atomic E-state index is 10.7. The van der Waals surface area contributed by atoms with Crippen molar-refractivity contribution in [2.45, 2.75) is 19.0 Å². The Kier molecular flexibility index (Phi) is 5.86. The summed E-state index contributed by atoms with van der Waals surface area (Å²) < 4.78 is 0. The Hall–Kier alpha value is -3.18. The Morgan fingerprint density at radius 3 is 2.10 bits per heavy atom. The lowest BCUT2D eigenvalue weighted by Gasteiger charge is -2.45. The first-order chi connectivity index (χ1) is 14.2. The van der Waals surface area contributed by atoms with Crippen molar-refractivity contribution in [3.63, 3.8) is 0 Å². The third-order valence-electron chi connectivity index (χ3n) is 5.36. The minimum Gasteiger partial charge on any atom is -0.465 e. The van der Waals surface area contributed by atoms with Crippen molar-refractivity contribution in [2.75, 3.05) is 13.1 Å². The van der Waals surface area contributed by atoms with E-state index in [9.17, 15) is 4.79 Å². The molecular formula is C24H25N3O2. The SMILES string of the molecule is O=C(O)NCc1cccc(CC2CN(C(c3ccccc3)c3ccccc3)C2)n1. The first-order valence-corrected chi connectivity index (χ1v) is 9.94. The molecule has 4 rings (SSSR count). The van der Waals surface area contributed by atoms with E-state index in [-0.39, 0.29) is 12.6 Å². The van der Waals surface area contributed by atoms with Crippen LogP contribution in [0.4, 0.5) is 4.79 Å². The number of nitrogens with zero attached hydrogens (tertiary/aromatic N) is 2. The molecule has 0 atom stereocenters. The van der Waals surface area contributed by atoms with E-state index >= 15 is 0 Å². The lowest BCUT2D eigenvalue weighted by atomic mass is 9.88. The Balaban J connectivity index is 1.41. The summed E-state index contributed by atoms with van der Waals surface area (Å²) in [5.41, 5.74) is 4.41. The van der Waals surface area contributed by atoms with Gasteiger partial charge in [0.05, 0.1) is 18.3 Å². The zero-order chi connectivity index (χ0) is 20.1. The molecule has 1 aromatic heterocycles. The van der Waals surface area contributed by atoms with E-state index in [1.54, 1.807) is 0 Å². The van der Waals surface area contributed by atoms with Crippen molar-refractivity contribution in [3.05, 3.63) is 101 Å². The number of benzene rings is 2. The Bertz CT molecular complexity index is 901. The highest BCUT2D eigenvalue weighted by molar-refractivity contribution is 5.64. The first kappa shape index (κ1) is 19.2. The van der Waals surface area contributed by atoms with Gasteiger partial charge in [-0.1, -0.05) is 66.7 Å². The number of pyridine rings is 1. The molecule has 3 aromatic rings. The summed E-state index contributed by atoms with van der Waals surface area (Å²) in [5, 5.41) is 11.1. The van der Waals surface area contributed by atoms with Gasteiger partial charge in [-0.05, 0) is 35.6 Å². The van der Waals surface area contributed by atoms with E-state index in [0.717, 1.165) is 30.9 Å². The average molecular weight is 387 g/mol. The van der Waals surface area contributed by atoms with Crippen LogP contribution in [0.1, 0.15) is 28.6 Å². The number of hydrogen-bond donors (Lipinski definition) is 2. The molecule has 1 saturated heterocycles. The highest BCUT2D eigenvalue weighted by Gasteiger charge is 2.34. The van der Waals surface area contributed by atoms with Gasteiger partial charge in [0.1, 0.15) is 0 Å². The van der Waals surface area contributed by atoms with Crippen LogP contribution >= 0.6 is 0 Å². The number of likely N-dealkylation sites (tertiary alicyclic amines) is 1. The molecule has 1 fully saturated rings. The fourth-order valence-electron chi connectivity index (χ4n) is 4.04. The van der Waals surface area contributed by atoms with Crippen molar-refractivity contribution in [1.82, 2.24) is 15.2 Å². The van der Waals surface area contributed by atoms with E-state index < -0.39 is 6.09 Å². The Morgan fingerprint density at radius 1 is 0.931 bits per heavy atom. The van der Waals surface area contributed by atoms with Gasteiger partial charge in [0.15, 0.2) is 0 Å². The van der Waals surface area contributed by atoms with E-state index in [4.69, 9.17) is 5.11 Å². The maximum atomic E-state index is 10.7. The molecule has 29 heavy (non-hydrogen) atoms. The Labute approximate surface area is 171 Å². The third-order valence-corrected chi connectivity index (χ3v) is 5.36. The van der Waals surface area contributed by atoms with Crippen LogP contribution < -0.4 is 5.32 Å². The van der Waals surface area contributed by atoms with Crippen LogP contribution in [-0.4, -0.2) is 34.2 Å². The third kappa shape index (κ3) is 4.81. The molecule has 2 heterocycles. The van der Waals surface area contributed by atoms with Crippen LogP contribution in [0.3, 0.4) is 0 Å². The second-order valence-electron chi connectivity index (χ2n) is 7.53. The predicted molar refractivity (Wildman–Crippen MR) is 113 cm³/mol. The van der Waals surface area contributed by atoms with Gasteiger partial charge in [-0.15, -0.1) is 0 Å². The molecule has 0 aliphatic carbocycles. The highest BCUT2D eigenvalue weighted by atomic mass is 16.4. The number of carboxylic acid groups (broad SMARTS) is 1. The molecule has 0 bridgehead atoms. The fraction of sp³-hybridized carbons (Fsp3) is 0.250. The summed E-state index contributed by atoms with van der Waals surface area (Å²) in [4.78, 5) is 17.8. The monoisotopic (exact) mass is 387 g/mol. The van der Waals surface area contributed by atoms with Crippen molar-refractivity contribution in [3.8, 4) is 0 Å². The molecule has 148 valence electrons. The molecule has 1 aliphatic rings. The lowest BCUT2D eigenvalue weighted by Crippen LogP contribution is -2.49. The van der Waals surface area contributed by atoms with Gasteiger partial charge >= 0.3 is 6.09 Å². The highest BCUT2D eigenvalue weighted by Crippen LogP contribution is 2.35. The average Bonchev–Trinajstić information content (AvgIpc) is 2.72. The van der Waals surface area contributed by atoms with Gasteiger partial charge in [0, 0.05) is 18.8 Å². The van der Waals surface area contributed by atoms with Gasteiger partial charge < -0.3 is 10.4 Å². The second-order valence-corrected chi connectivity index (χ2v) is 7.53. The smallest absolute Gasteiger partial charge is 0.404 e. The summed E-state index contributed by atoms with van der Waals surface area (Å²) in [6.07, 6.45) is -0.118. The summed E-state index contributed by atoms with van der Waals surface area (Å²) in [5.74, 6) is 0.556. The fourth-order valence-corrected chi connectivity index (χ4v) is 4.04. The standard InChI is InChI=1S/C24H25N3O2/c28-24(29)25-15-22-13-7-12-21(26-22)14-18-16-27(17-18)23(19-8-3-1-4-9-19)20-10-5-2-6-11-20/h1-13,18,23,25H,14-17H2,(H,28,29). The van der Waals surface area contributed by atoms with Crippen LogP contribution in [0, 0.1) is 5.92 Å². The van der Waals surface area contributed by atoms with E-state index in [1.165, 1.54) is 11.1 Å². The number of carbonyl (C=O) groups is 1. The number of aromatic nitrogens is 1. The largest absolute Gasteiger partial charge is 0.465 e. The summed E-state index contributed by atoms with van der Waals surface area (Å²) in [6.45, 7) is 2.28. The minimum atomic E-state index is -1.03. The van der Waals surface area contributed by atoms with Gasteiger partial charge in [-0.25, -0.2) is 4.79 Å². The van der Waals surface area contributed by atoms with Crippen molar-refractivity contribution < 1.29 is 9.90 Å². The lowest BCUT2D eigenvalue weighted by molar-refractivity contribution is 0.0682. The predicted octanol–water partition coefficient (Wildman–Crippen LogP) is 4.11. The van der Waals surface area contributed by atoms with Crippen molar-refractivity contribution >= 4 is 6.09 Å². The molecule has 2 N–H and O–H groups in total. The first-order valence-electron chi connectivity index (χ1n) is 9.94. The topological polar surface area (TPSA) is 65.5 Å². The molecule has 2 aromatic carbocycles. The van der Waals surface area contributed by atoms with Crippen LogP contribution in [0.25, 0.3) is 0 Å². The molecule has 0 saturated carbocycles. The zero-order valence-electron chi connectivity index (χ0n) is 16.2. The zero-order valence-corrected chi connectivity index (χ0v) is 16.2. The molecule has 0 unspecified atom stereocenters.